The van der Waals surface area contributed by atoms with Crippen molar-refractivity contribution in [3.63, 3.8) is 0 Å². The van der Waals surface area contributed by atoms with Crippen LogP contribution in [0.15, 0.2) is 71.2 Å². The van der Waals surface area contributed by atoms with Gasteiger partial charge in [-0.3, -0.25) is 4.79 Å². The van der Waals surface area contributed by atoms with Gasteiger partial charge in [0.25, 0.3) is 0 Å². The molecule has 3 aromatic rings. The first-order valence-corrected chi connectivity index (χ1v) is 10.5. The highest BCUT2D eigenvalue weighted by atomic mass is 79.9. The van der Waals surface area contributed by atoms with E-state index in [9.17, 15) is 4.79 Å². The van der Waals surface area contributed by atoms with Crippen molar-refractivity contribution in [3.8, 4) is 11.5 Å². The van der Waals surface area contributed by atoms with Crippen molar-refractivity contribution in [3.05, 3.63) is 92.4 Å². The number of benzene rings is 3. The van der Waals surface area contributed by atoms with E-state index in [0.717, 1.165) is 15.6 Å². The summed E-state index contributed by atoms with van der Waals surface area (Å²) >= 11 is 15.5. The highest BCUT2D eigenvalue weighted by molar-refractivity contribution is 9.10. The third-order valence-electron chi connectivity index (χ3n) is 4.09. The molecule has 3 rings (SSSR count). The zero-order chi connectivity index (χ0) is 21.5. The van der Waals surface area contributed by atoms with E-state index >= 15 is 0 Å². The molecule has 0 unspecified atom stereocenters. The minimum Gasteiger partial charge on any atom is -0.493 e. The Balaban J connectivity index is 1.71. The van der Waals surface area contributed by atoms with Gasteiger partial charge >= 0.3 is 0 Å². The van der Waals surface area contributed by atoms with Crippen molar-refractivity contribution >= 4 is 56.8 Å². The van der Waals surface area contributed by atoms with Crippen LogP contribution in [-0.2, 0) is 11.4 Å². The summed E-state index contributed by atoms with van der Waals surface area (Å²) in [6, 6.07) is 18.4. The molecule has 1 N–H and O–H groups in total. The highest BCUT2D eigenvalue weighted by Crippen LogP contribution is 2.37. The van der Waals surface area contributed by atoms with Gasteiger partial charge in [-0.2, -0.15) is 0 Å². The Morgan fingerprint density at radius 3 is 2.57 bits per heavy atom. The van der Waals surface area contributed by atoms with E-state index in [2.05, 4.69) is 21.2 Å². The number of hydrogen-bond acceptors (Lipinski definition) is 3. The molecule has 0 heterocycles. The molecule has 30 heavy (non-hydrogen) atoms. The molecule has 0 aromatic heterocycles. The molecule has 0 aliphatic rings. The van der Waals surface area contributed by atoms with Gasteiger partial charge in [0.15, 0.2) is 11.5 Å². The maximum absolute atomic E-state index is 12.2. The van der Waals surface area contributed by atoms with E-state index in [1.165, 1.54) is 6.08 Å². The molecule has 0 aliphatic heterocycles. The Morgan fingerprint density at radius 1 is 1.10 bits per heavy atom. The van der Waals surface area contributed by atoms with Crippen LogP contribution < -0.4 is 14.8 Å². The lowest BCUT2D eigenvalue weighted by Gasteiger charge is -2.13. The number of methoxy groups -OCH3 is 1. The van der Waals surface area contributed by atoms with Gasteiger partial charge in [0.05, 0.1) is 22.3 Å². The van der Waals surface area contributed by atoms with Crippen molar-refractivity contribution in [2.75, 3.05) is 12.4 Å². The van der Waals surface area contributed by atoms with Gasteiger partial charge in [-0.15, -0.1) is 0 Å². The lowest BCUT2D eigenvalue weighted by atomic mass is 10.2. The largest absolute Gasteiger partial charge is 0.493 e. The molecule has 0 saturated carbocycles. The average Bonchev–Trinajstić information content (AvgIpc) is 2.74. The normalized spacial score (nSPS) is 10.8. The van der Waals surface area contributed by atoms with Crippen molar-refractivity contribution in [2.24, 2.45) is 0 Å². The predicted molar refractivity (Wildman–Crippen MR) is 126 cm³/mol. The minimum absolute atomic E-state index is 0.321. The second kappa shape index (κ2) is 10.5. The van der Waals surface area contributed by atoms with Crippen LogP contribution in [0.5, 0.6) is 11.5 Å². The Bertz CT molecular complexity index is 1070. The quantitative estimate of drug-likeness (QED) is 0.351. The Kier molecular flexibility index (Phi) is 7.80. The molecule has 0 fully saturated rings. The zero-order valence-electron chi connectivity index (χ0n) is 16.0. The van der Waals surface area contributed by atoms with Crippen LogP contribution in [0.3, 0.4) is 0 Å². The topological polar surface area (TPSA) is 47.6 Å². The average molecular weight is 507 g/mol. The van der Waals surface area contributed by atoms with Gasteiger partial charge in [0.2, 0.25) is 5.91 Å². The first-order chi connectivity index (χ1) is 14.5. The molecule has 0 saturated heterocycles. The van der Waals surface area contributed by atoms with E-state index in [1.54, 1.807) is 37.5 Å². The molecular formula is C23H18BrCl2NO3. The zero-order valence-corrected chi connectivity index (χ0v) is 19.1. The molecule has 3 aromatic carbocycles. The Morgan fingerprint density at radius 2 is 1.87 bits per heavy atom. The number of ether oxygens (including phenoxy) is 2. The summed E-state index contributed by atoms with van der Waals surface area (Å²) < 4.78 is 12.1. The first-order valence-electron chi connectivity index (χ1n) is 8.94. The van der Waals surface area contributed by atoms with Crippen molar-refractivity contribution in [2.45, 2.75) is 6.61 Å². The van der Waals surface area contributed by atoms with Crippen LogP contribution >= 0.6 is 39.1 Å². The molecule has 0 spiro atoms. The summed E-state index contributed by atoms with van der Waals surface area (Å²) in [6.45, 7) is 0.412. The third kappa shape index (κ3) is 6.02. The first kappa shape index (κ1) is 22.2. The molecule has 0 bridgehead atoms. The predicted octanol–water partition coefficient (Wildman–Crippen LogP) is 7.00. The molecule has 1 amide bonds. The van der Waals surface area contributed by atoms with E-state index in [0.29, 0.717) is 33.8 Å². The van der Waals surface area contributed by atoms with Gasteiger partial charge in [-0.1, -0.05) is 53.5 Å². The van der Waals surface area contributed by atoms with Crippen LogP contribution in [0.25, 0.3) is 6.08 Å². The van der Waals surface area contributed by atoms with Gasteiger partial charge < -0.3 is 14.8 Å². The molecule has 154 valence electrons. The molecule has 4 nitrogen and oxygen atoms in total. The fourth-order valence-corrected chi connectivity index (χ4v) is 3.67. The van der Waals surface area contributed by atoms with E-state index in [-0.39, 0.29) is 5.91 Å². The molecule has 0 radical (unpaired) electrons. The SMILES string of the molecule is COc1cc(/C=C/C(=O)Nc2ccc(Cl)cc2Cl)cc(Br)c1OCc1ccccc1. The van der Waals surface area contributed by atoms with Gasteiger partial charge in [-0.25, -0.2) is 0 Å². The van der Waals surface area contributed by atoms with Crippen molar-refractivity contribution < 1.29 is 14.3 Å². The summed E-state index contributed by atoms with van der Waals surface area (Å²) in [5.74, 6) is 0.829. The van der Waals surface area contributed by atoms with Gasteiger partial charge in [0, 0.05) is 11.1 Å². The summed E-state index contributed by atoms with van der Waals surface area (Å²) in [5, 5.41) is 3.59. The highest BCUT2D eigenvalue weighted by Gasteiger charge is 2.12. The monoisotopic (exact) mass is 505 g/mol. The number of amides is 1. The van der Waals surface area contributed by atoms with E-state index in [4.69, 9.17) is 32.7 Å². The van der Waals surface area contributed by atoms with Crippen LogP contribution in [0.1, 0.15) is 11.1 Å². The second-order valence-corrected chi connectivity index (χ2v) is 7.95. The van der Waals surface area contributed by atoms with E-state index < -0.39 is 0 Å². The number of halogens is 3. The van der Waals surface area contributed by atoms with Crippen LogP contribution in [0.2, 0.25) is 10.0 Å². The molecular weight excluding hydrogens is 489 g/mol. The number of carbonyl (C=O) groups excluding carboxylic acids is 1. The van der Waals surface area contributed by atoms with Crippen molar-refractivity contribution in [1.29, 1.82) is 0 Å². The summed E-state index contributed by atoms with van der Waals surface area (Å²) in [7, 11) is 1.57. The maximum atomic E-state index is 12.2. The number of nitrogens with one attached hydrogen (secondary N) is 1. The third-order valence-corrected chi connectivity index (χ3v) is 5.23. The minimum atomic E-state index is -0.321. The fraction of sp³-hybridized carbons (Fsp3) is 0.0870. The molecule has 0 atom stereocenters. The number of anilines is 1. The smallest absolute Gasteiger partial charge is 0.248 e. The Labute approximate surface area is 193 Å². The second-order valence-electron chi connectivity index (χ2n) is 6.26. The summed E-state index contributed by atoms with van der Waals surface area (Å²) in [4.78, 5) is 12.2. The Hall–Kier alpha value is -2.47. The standard InChI is InChI=1S/C23H18BrCl2NO3/c1-29-21-12-16(7-10-22(28)27-20-9-8-17(25)13-19(20)26)11-18(24)23(21)30-14-15-5-3-2-4-6-15/h2-13H,14H2,1H3,(H,27,28)/b10-7+. The number of rotatable bonds is 7. The molecule has 0 aliphatic carbocycles. The number of carbonyl (C=O) groups is 1. The summed E-state index contributed by atoms with van der Waals surface area (Å²) in [5.41, 5.74) is 2.30. The fourth-order valence-electron chi connectivity index (χ4n) is 2.64. The van der Waals surface area contributed by atoms with Gasteiger partial charge in [-0.05, 0) is 63.5 Å². The lowest BCUT2D eigenvalue weighted by Crippen LogP contribution is -2.08. The van der Waals surface area contributed by atoms with Crippen LogP contribution in [0.4, 0.5) is 5.69 Å². The van der Waals surface area contributed by atoms with Crippen molar-refractivity contribution in [1.82, 2.24) is 0 Å². The summed E-state index contributed by atoms with van der Waals surface area (Å²) in [6.07, 6.45) is 3.09. The lowest BCUT2D eigenvalue weighted by molar-refractivity contribution is -0.111. The van der Waals surface area contributed by atoms with E-state index in [1.807, 2.05) is 36.4 Å². The molecule has 7 heteroatoms. The maximum Gasteiger partial charge on any atom is 0.248 e. The van der Waals surface area contributed by atoms with Crippen LogP contribution in [0, 0.1) is 0 Å². The van der Waals surface area contributed by atoms with Gasteiger partial charge in [0.1, 0.15) is 6.61 Å². The van der Waals surface area contributed by atoms with Crippen LogP contribution in [-0.4, -0.2) is 13.0 Å². The number of hydrogen-bond donors (Lipinski definition) is 1.